The minimum absolute atomic E-state index is 0.272. The average molecular weight is 363 g/mol. The van der Waals surface area contributed by atoms with E-state index in [2.05, 4.69) is 34.9 Å². The largest absolute Gasteiger partial charge is 0.491 e. The van der Waals surface area contributed by atoms with Gasteiger partial charge in [0.1, 0.15) is 12.4 Å². The van der Waals surface area contributed by atoms with E-state index in [0.717, 1.165) is 27.4 Å². The van der Waals surface area contributed by atoms with Crippen molar-refractivity contribution < 1.29 is 14.6 Å². The molecular weight excluding hydrogens is 342 g/mol. The molecule has 6 heteroatoms. The molecule has 0 unspecified atom stereocenters. The minimum Gasteiger partial charge on any atom is -0.491 e. The van der Waals surface area contributed by atoms with Crippen molar-refractivity contribution in [1.29, 1.82) is 0 Å². The zero-order valence-corrected chi connectivity index (χ0v) is 15.5. The Labute approximate surface area is 156 Å². The standard InChI is InChI=1S/C21H21N3O3/c1-12(23-21(25)26)11-27-15-4-5-19-17(9-15)18-8-14-10-22-7-6-16(14)13(2)20(18)24(19)3/h4-10,12,23H,11H2,1-3H3,(H,25,26)/t12-/m0/s1. The molecule has 0 saturated carbocycles. The van der Waals surface area contributed by atoms with Gasteiger partial charge >= 0.3 is 6.09 Å². The van der Waals surface area contributed by atoms with Crippen LogP contribution in [0, 0.1) is 6.92 Å². The lowest BCUT2D eigenvalue weighted by Crippen LogP contribution is -2.35. The van der Waals surface area contributed by atoms with Crippen LogP contribution < -0.4 is 10.1 Å². The maximum absolute atomic E-state index is 10.7. The Balaban J connectivity index is 1.81. The molecule has 1 amide bonds. The number of pyridine rings is 1. The van der Waals surface area contributed by atoms with Crippen LogP contribution in [0.15, 0.2) is 42.7 Å². The number of carbonyl (C=O) groups is 1. The Morgan fingerprint density at radius 2 is 2.07 bits per heavy atom. The summed E-state index contributed by atoms with van der Waals surface area (Å²) in [6.45, 7) is 4.18. The number of nitrogens with zero attached hydrogens (tertiary/aromatic N) is 2. The molecule has 0 bridgehead atoms. The second-order valence-corrected chi connectivity index (χ2v) is 6.89. The topological polar surface area (TPSA) is 76.4 Å². The smallest absolute Gasteiger partial charge is 0.404 e. The van der Waals surface area contributed by atoms with Gasteiger partial charge in [-0.3, -0.25) is 4.98 Å². The van der Waals surface area contributed by atoms with Gasteiger partial charge in [-0.05, 0) is 55.1 Å². The van der Waals surface area contributed by atoms with Crippen molar-refractivity contribution in [2.45, 2.75) is 19.9 Å². The number of benzene rings is 2. The summed E-state index contributed by atoms with van der Waals surface area (Å²) in [7, 11) is 2.07. The molecule has 2 heterocycles. The van der Waals surface area contributed by atoms with Crippen molar-refractivity contribution in [1.82, 2.24) is 14.9 Å². The van der Waals surface area contributed by atoms with Gasteiger partial charge in [-0.25, -0.2) is 4.79 Å². The monoisotopic (exact) mass is 363 g/mol. The quantitative estimate of drug-likeness (QED) is 0.569. The molecule has 4 aromatic rings. The van der Waals surface area contributed by atoms with Crippen molar-refractivity contribution >= 4 is 38.7 Å². The molecule has 2 aromatic heterocycles. The molecule has 0 saturated heterocycles. The fourth-order valence-corrected chi connectivity index (χ4v) is 3.76. The highest BCUT2D eigenvalue weighted by Crippen LogP contribution is 2.36. The van der Waals surface area contributed by atoms with Crippen molar-refractivity contribution in [3.8, 4) is 5.75 Å². The lowest BCUT2D eigenvalue weighted by atomic mass is 10.0. The van der Waals surface area contributed by atoms with E-state index in [-0.39, 0.29) is 12.6 Å². The summed E-state index contributed by atoms with van der Waals surface area (Å²) >= 11 is 0. The summed E-state index contributed by atoms with van der Waals surface area (Å²) in [4.78, 5) is 15.0. The average Bonchev–Trinajstić information content (AvgIpc) is 2.92. The van der Waals surface area contributed by atoms with E-state index < -0.39 is 6.09 Å². The van der Waals surface area contributed by atoms with Gasteiger partial charge in [-0.2, -0.15) is 0 Å². The van der Waals surface area contributed by atoms with Gasteiger partial charge in [-0.15, -0.1) is 0 Å². The van der Waals surface area contributed by atoms with E-state index in [9.17, 15) is 4.79 Å². The van der Waals surface area contributed by atoms with Gasteiger partial charge in [0.05, 0.1) is 11.6 Å². The van der Waals surface area contributed by atoms with Gasteiger partial charge in [0.25, 0.3) is 0 Å². The molecule has 138 valence electrons. The molecule has 27 heavy (non-hydrogen) atoms. The summed E-state index contributed by atoms with van der Waals surface area (Å²) in [5, 5.41) is 15.8. The van der Waals surface area contributed by atoms with E-state index in [1.807, 2.05) is 36.7 Å². The predicted octanol–water partition coefficient (Wildman–Crippen LogP) is 4.22. The number of carboxylic acid groups (broad SMARTS) is 1. The lowest BCUT2D eigenvalue weighted by molar-refractivity contribution is 0.183. The molecule has 0 aliphatic heterocycles. The third-order valence-electron chi connectivity index (χ3n) is 4.99. The fraction of sp³-hybridized carbons (Fsp3) is 0.238. The Kier molecular flexibility index (Phi) is 4.11. The highest BCUT2D eigenvalue weighted by molar-refractivity contribution is 6.14. The summed E-state index contributed by atoms with van der Waals surface area (Å²) in [5.41, 5.74) is 3.55. The summed E-state index contributed by atoms with van der Waals surface area (Å²) in [5.74, 6) is 0.720. The summed E-state index contributed by atoms with van der Waals surface area (Å²) < 4.78 is 8.01. The van der Waals surface area contributed by atoms with Crippen LogP contribution in [-0.4, -0.2) is 33.4 Å². The van der Waals surface area contributed by atoms with E-state index in [1.54, 1.807) is 6.92 Å². The Morgan fingerprint density at radius 3 is 2.85 bits per heavy atom. The lowest BCUT2D eigenvalue weighted by Gasteiger charge is -2.13. The highest BCUT2D eigenvalue weighted by Gasteiger charge is 2.14. The molecular formula is C21H21N3O3. The first-order valence-electron chi connectivity index (χ1n) is 8.83. The third kappa shape index (κ3) is 2.93. The second-order valence-electron chi connectivity index (χ2n) is 6.89. The van der Waals surface area contributed by atoms with Gasteiger partial charge < -0.3 is 19.7 Å². The molecule has 1 atom stereocenters. The second kappa shape index (κ2) is 6.46. The first kappa shape index (κ1) is 17.1. The van der Waals surface area contributed by atoms with E-state index in [0.29, 0.717) is 0 Å². The van der Waals surface area contributed by atoms with Crippen LogP contribution in [-0.2, 0) is 7.05 Å². The Bertz CT molecular complexity index is 1180. The molecule has 0 aliphatic rings. The number of hydrogen-bond donors (Lipinski definition) is 2. The van der Waals surface area contributed by atoms with E-state index in [4.69, 9.17) is 9.84 Å². The van der Waals surface area contributed by atoms with Crippen LogP contribution in [0.1, 0.15) is 12.5 Å². The molecule has 0 spiro atoms. The molecule has 2 N–H and O–H groups in total. The Hall–Kier alpha value is -3.28. The minimum atomic E-state index is -1.05. The van der Waals surface area contributed by atoms with Crippen LogP contribution in [0.2, 0.25) is 0 Å². The van der Waals surface area contributed by atoms with Gasteiger partial charge in [0.2, 0.25) is 0 Å². The van der Waals surface area contributed by atoms with Crippen molar-refractivity contribution in [2.75, 3.05) is 6.61 Å². The molecule has 6 nitrogen and oxygen atoms in total. The third-order valence-corrected chi connectivity index (χ3v) is 4.99. The highest BCUT2D eigenvalue weighted by atomic mass is 16.5. The molecule has 0 aliphatic carbocycles. The number of hydrogen-bond acceptors (Lipinski definition) is 3. The number of ether oxygens (including phenoxy) is 1. The van der Waals surface area contributed by atoms with Gasteiger partial charge in [-0.1, -0.05) is 0 Å². The predicted molar refractivity (Wildman–Crippen MR) is 107 cm³/mol. The van der Waals surface area contributed by atoms with Crippen molar-refractivity contribution in [2.24, 2.45) is 7.05 Å². The van der Waals surface area contributed by atoms with Crippen molar-refractivity contribution in [3.05, 3.63) is 48.3 Å². The normalized spacial score (nSPS) is 12.6. The van der Waals surface area contributed by atoms with Crippen LogP contribution in [0.5, 0.6) is 5.75 Å². The summed E-state index contributed by atoms with van der Waals surface area (Å²) in [6, 6.07) is 9.92. The number of aromatic nitrogens is 2. The van der Waals surface area contributed by atoms with Crippen LogP contribution >= 0.6 is 0 Å². The maximum atomic E-state index is 10.7. The molecule has 4 rings (SSSR count). The van der Waals surface area contributed by atoms with E-state index in [1.165, 1.54) is 16.5 Å². The number of aryl methyl sites for hydroxylation is 2. The molecule has 0 radical (unpaired) electrons. The zero-order chi connectivity index (χ0) is 19.1. The number of amides is 1. The van der Waals surface area contributed by atoms with E-state index >= 15 is 0 Å². The van der Waals surface area contributed by atoms with Crippen LogP contribution in [0.3, 0.4) is 0 Å². The first-order chi connectivity index (χ1) is 13.0. The van der Waals surface area contributed by atoms with Gasteiger partial charge in [0.15, 0.2) is 0 Å². The summed E-state index contributed by atoms with van der Waals surface area (Å²) in [6.07, 6.45) is 2.66. The van der Waals surface area contributed by atoms with Crippen molar-refractivity contribution in [3.63, 3.8) is 0 Å². The molecule has 2 aromatic carbocycles. The van der Waals surface area contributed by atoms with Gasteiger partial charge in [0, 0.05) is 41.1 Å². The Morgan fingerprint density at radius 1 is 1.26 bits per heavy atom. The number of nitrogens with one attached hydrogen (secondary N) is 1. The SMILES string of the molecule is Cc1c2ccncc2cc2c3cc(OC[C@H](C)NC(=O)O)ccc3n(C)c12. The maximum Gasteiger partial charge on any atom is 0.404 e. The number of rotatable bonds is 4. The number of fused-ring (bicyclic) bond motifs is 4. The fourth-order valence-electron chi connectivity index (χ4n) is 3.76. The van der Waals surface area contributed by atoms with Crippen LogP contribution in [0.25, 0.3) is 32.6 Å². The van der Waals surface area contributed by atoms with Crippen LogP contribution in [0.4, 0.5) is 4.79 Å². The zero-order valence-electron chi connectivity index (χ0n) is 15.5. The first-order valence-corrected chi connectivity index (χ1v) is 8.83. The molecule has 0 fully saturated rings.